The third kappa shape index (κ3) is 3.78. The van der Waals surface area contributed by atoms with E-state index in [0.717, 1.165) is 31.2 Å². The van der Waals surface area contributed by atoms with Crippen molar-refractivity contribution in [1.82, 2.24) is 5.32 Å². The van der Waals surface area contributed by atoms with E-state index in [0.29, 0.717) is 24.2 Å². The lowest BCUT2D eigenvalue weighted by Gasteiger charge is -2.27. The van der Waals surface area contributed by atoms with E-state index in [9.17, 15) is 4.79 Å². The predicted octanol–water partition coefficient (Wildman–Crippen LogP) is 1.83. The normalized spacial score (nSPS) is 23.1. The molecule has 0 atom stereocenters. The van der Waals surface area contributed by atoms with E-state index in [-0.39, 0.29) is 5.97 Å². The molecule has 1 aliphatic rings. The number of hydrogen-bond acceptors (Lipinski definition) is 4. The fourth-order valence-electron chi connectivity index (χ4n) is 2.56. The fraction of sp³-hybridized carbons (Fsp3) is 0.533. The standard InChI is InChI=1S/C15H22N2O2/c1-19-15(18)14-5-3-2-4-11(14)10-17-13-8-6-12(16)7-9-13/h2-5,12-13,17H,6-10,16H2,1H3. The summed E-state index contributed by atoms with van der Waals surface area (Å²) in [6.07, 6.45) is 4.38. The molecule has 0 unspecified atom stereocenters. The monoisotopic (exact) mass is 262 g/mol. The lowest BCUT2D eigenvalue weighted by Crippen LogP contribution is -2.37. The molecule has 0 heterocycles. The Balaban J connectivity index is 1.94. The largest absolute Gasteiger partial charge is 0.465 e. The van der Waals surface area contributed by atoms with Gasteiger partial charge in [-0.05, 0) is 37.3 Å². The van der Waals surface area contributed by atoms with Crippen LogP contribution in [0.3, 0.4) is 0 Å². The smallest absolute Gasteiger partial charge is 0.338 e. The van der Waals surface area contributed by atoms with Gasteiger partial charge in [-0.15, -0.1) is 0 Å². The number of esters is 1. The zero-order valence-corrected chi connectivity index (χ0v) is 11.4. The number of nitrogens with two attached hydrogens (primary N) is 1. The summed E-state index contributed by atoms with van der Waals surface area (Å²) < 4.78 is 4.80. The molecule has 3 N–H and O–H groups in total. The molecule has 1 fully saturated rings. The Hall–Kier alpha value is -1.39. The Morgan fingerprint density at radius 1 is 1.32 bits per heavy atom. The van der Waals surface area contributed by atoms with Gasteiger partial charge < -0.3 is 15.8 Å². The van der Waals surface area contributed by atoms with Gasteiger partial charge in [-0.1, -0.05) is 18.2 Å². The highest BCUT2D eigenvalue weighted by atomic mass is 16.5. The summed E-state index contributed by atoms with van der Waals surface area (Å²) in [5, 5.41) is 3.51. The maximum atomic E-state index is 11.7. The topological polar surface area (TPSA) is 64.3 Å². The lowest BCUT2D eigenvalue weighted by molar-refractivity contribution is 0.0599. The van der Waals surface area contributed by atoms with Gasteiger partial charge in [0.2, 0.25) is 0 Å². The van der Waals surface area contributed by atoms with Crippen molar-refractivity contribution in [2.75, 3.05) is 7.11 Å². The lowest BCUT2D eigenvalue weighted by atomic mass is 9.91. The van der Waals surface area contributed by atoms with Gasteiger partial charge in [0.05, 0.1) is 12.7 Å². The second-order valence-corrected chi connectivity index (χ2v) is 5.14. The molecule has 4 nitrogen and oxygen atoms in total. The minimum atomic E-state index is -0.275. The number of nitrogens with one attached hydrogen (secondary N) is 1. The molecule has 1 aliphatic carbocycles. The summed E-state index contributed by atoms with van der Waals surface area (Å²) in [4.78, 5) is 11.7. The SMILES string of the molecule is COC(=O)c1ccccc1CNC1CCC(N)CC1. The van der Waals surface area contributed by atoms with Gasteiger partial charge >= 0.3 is 5.97 Å². The molecule has 0 amide bonds. The molecule has 0 saturated heterocycles. The zero-order chi connectivity index (χ0) is 13.7. The van der Waals surface area contributed by atoms with Crippen LogP contribution in [-0.2, 0) is 11.3 Å². The summed E-state index contributed by atoms with van der Waals surface area (Å²) >= 11 is 0. The molecule has 0 spiro atoms. The molecule has 0 aliphatic heterocycles. The average Bonchev–Trinajstić information content (AvgIpc) is 2.46. The fourth-order valence-corrected chi connectivity index (χ4v) is 2.56. The molecule has 0 bridgehead atoms. The van der Waals surface area contributed by atoms with Crippen LogP contribution in [0.2, 0.25) is 0 Å². The summed E-state index contributed by atoms with van der Waals surface area (Å²) in [5.74, 6) is -0.275. The van der Waals surface area contributed by atoms with Crippen LogP contribution in [0, 0.1) is 0 Å². The number of hydrogen-bond donors (Lipinski definition) is 2. The Labute approximate surface area is 114 Å². The molecule has 2 rings (SSSR count). The van der Waals surface area contributed by atoms with E-state index >= 15 is 0 Å². The number of benzene rings is 1. The van der Waals surface area contributed by atoms with Crippen LogP contribution in [0.4, 0.5) is 0 Å². The molecular formula is C15H22N2O2. The van der Waals surface area contributed by atoms with E-state index < -0.39 is 0 Å². The molecule has 19 heavy (non-hydrogen) atoms. The Morgan fingerprint density at radius 2 is 2.00 bits per heavy atom. The minimum absolute atomic E-state index is 0.275. The highest BCUT2D eigenvalue weighted by Gasteiger charge is 2.18. The van der Waals surface area contributed by atoms with Crippen molar-refractivity contribution in [3.63, 3.8) is 0 Å². The van der Waals surface area contributed by atoms with Crippen molar-refractivity contribution in [2.45, 2.75) is 44.3 Å². The quantitative estimate of drug-likeness (QED) is 0.813. The molecule has 1 saturated carbocycles. The first-order valence-corrected chi connectivity index (χ1v) is 6.86. The summed E-state index contributed by atoms with van der Waals surface area (Å²) in [7, 11) is 1.41. The predicted molar refractivity (Wildman–Crippen MR) is 74.9 cm³/mol. The highest BCUT2D eigenvalue weighted by Crippen LogP contribution is 2.18. The van der Waals surface area contributed by atoms with Crippen molar-refractivity contribution >= 4 is 5.97 Å². The van der Waals surface area contributed by atoms with Gasteiger partial charge in [-0.2, -0.15) is 0 Å². The van der Waals surface area contributed by atoms with Crippen LogP contribution in [-0.4, -0.2) is 25.2 Å². The maximum Gasteiger partial charge on any atom is 0.338 e. The molecule has 1 aromatic rings. The van der Waals surface area contributed by atoms with E-state index in [1.807, 2.05) is 18.2 Å². The summed E-state index contributed by atoms with van der Waals surface area (Å²) in [6.45, 7) is 0.700. The van der Waals surface area contributed by atoms with Gasteiger partial charge in [-0.25, -0.2) is 4.79 Å². The van der Waals surface area contributed by atoms with Crippen LogP contribution in [0.15, 0.2) is 24.3 Å². The number of carbonyl (C=O) groups excluding carboxylic acids is 1. The van der Waals surface area contributed by atoms with Crippen LogP contribution in [0.25, 0.3) is 0 Å². The first-order chi connectivity index (χ1) is 9.20. The molecule has 4 heteroatoms. The van der Waals surface area contributed by atoms with Crippen molar-refractivity contribution in [1.29, 1.82) is 0 Å². The molecule has 1 aromatic carbocycles. The van der Waals surface area contributed by atoms with Gasteiger partial charge in [0.15, 0.2) is 0 Å². The maximum absolute atomic E-state index is 11.7. The highest BCUT2D eigenvalue weighted by molar-refractivity contribution is 5.90. The minimum Gasteiger partial charge on any atom is -0.465 e. The van der Waals surface area contributed by atoms with Gasteiger partial charge in [0.1, 0.15) is 0 Å². The van der Waals surface area contributed by atoms with E-state index in [2.05, 4.69) is 5.32 Å². The number of ether oxygens (including phenoxy) is 1. The summed E-state index contributed by atoms with van der Waals surface area (Å²) in [6, 6.07) is 8.44. The Bertz CT molecular complexity index is 426. The van der Waals surface area contributed by atoms with E-state index in [1.165, 1.54) is 7.11 Å². The first kappa shape index (κ1) is 14.0. The molecule has 0 radical (unpaired) electrons. The van der Waals surface area contributed by atoms with Crippen LogP contribution < -0.4 is 11.1 Å². The van der Waals surface area contributed by atoms with Gasteiger partial charge in [0, 0.05) is 18.6 Å². The summed E-state index contributed by atoms with van der Waals surface area (Å²) in [5.41, 5.74) is 7.53. The second-order valence-electron chi connectivity index (χ2n) is 5.14. The number of carbonyl (C=O) groups is 1. The van der Waals surface area contributed by atoms with E-state index in [4.69, 9.17) is 10.5 Å². The average molecular weight is 262 g/mol. The zero-order valence-electron chi connectivity index (χ0n) is 11.4. The Kier molecular flexibility index (Phi) is 4.93. The third-order valence-corrected chi connectivity index (χ3v) is 3.78. The number of rotatable bonds is 4. The van der Waals surface area contributed by atoms with E-state index in [1.54, 1.807) is 6.07 Å². The van der Waals surface area contributed by atoms with Crippen LogP contribution in [0.5, 0.6) is 0 Å². The first-order valence-electron chi connectivity index (χ1n) is 6.86. The van der Waals surface area contributed by atoms with Crippen molar-refractivity contribution in [3.8, 4) is 0 Å². The molecular weight excluding hydrogens is 240 g/mol. The van der Waals surface area contributed by atoms with Crippen molar-refractivity contribution in [2.24, 2.45) is 5.73 Å². The number of methoxy groups -OCH3 is 1. The van der Waals surface area contributed by atoms with Gasteiger partial charge in [0.25, 0.3) is 0 Å². The van der Waals surface area contributed by atoms with Crippen molar-refractivity contribution < 1.29 is 9.53 Å². The molecule has 104 valence electrons. The van der Waals surface area contributed by atoms with Gasteiger partial charge in [-0.3, -0.25) is 0 Å². The van der Waals surface area contributed by atoms with Crippen LogP contribution in [0.1, 0.15) is 41.6 Å². The molecule has 0 aromatic heterocycles. The van der Waals surface area contributed by atoms with Crippen LogP contribution >= 0.6 is 0 Å². The third-order valence-electron chi connectivity index (χ3n) is 3.78. The Morgan fingerprint density at radius 3 is 2.68 bits per heavy atom. The second kappa shape index (κ2) is 6.68. The van der Waals surface area contributed by atoms with Crippen molar-refractivity contribution in [3.05, 3.63) is 35.4 Å².